The Morgan fingerprint density at radius 3 is 2.77 bits per heavy atom. The number of hydrogen-bond acceptors (Lipinski definition) is 5. The normalized spacial score (nSPS) is 17.3. The van der Waals surface area contributed by atoms with Crippen molar-refractivity contribution in [1.29, 1.82) is 0 Å². The van der Waals surface area contributed by atoms with Crippen molar-refractivity contribution < 1.29 is 13.9 Å². The van der Waals surface area contributed by atoms with Crippen LogP contribution in [0.2, 0.25) is 0 Å². The Morgan fingerprint density at radius 1 is 1.13 bits per heavy atom. The number of hydrogen-bond donors (Lipinski definition) is 0. The molecule has 0 radical (unpaired) electrons. The van der Waals surface area contributed by atoms with E-state index in [1.165, 1.54) is 34.6 Å². The molecular weight excluding hydrogens is 401 g/mol. The van der Waals surface area contributed by atoms with Crippen LogP contribution in [-0.2, 0) is 17.8 Å². The third-order valence-corrected chi connectivity index (χ3v) is 7.27. The van der Waals surface area contributed by atoms with Gasteiger partial charge in [-0.3, -0.25) is 4.79 Å². The Bertz CT molecular complexity index is 1090. The van der Waals surface area contributed by atoms with Crippen molar-refractivity contribution in [3.8, 4) is 5.75 Å². The first-order valence-corrected chi connectivity index (χ1v) is 11.2. The lowest BCUT2D eigenvalue weighted by molar-refractivity contribution is -0.137. The van der Waals surface area contributed by atoms with E-state index in [-0.39, 0.29) is 17.6 Å². The number of thiazole rings is 1. The highest BCUT2D eigenvalue weighted by Crippen LogP contribution is 2.33. The fraction of sp³-hybridized carbons (Fsp3) is 0.391. The van der Waals surface area contributed by atoms with E-state index in [2.05, 4.69) is 22.0 Å². The Labute approximate surface area is 179 Å². The second kappa shape index (κ2) is 7.87. The molecule has 0 spiro atoms. The topological polar surface area (TPSA) is 45.7 Å². The maximum absolute atomic E-state index is 13.5. The Hall–Kier alpha value is -2.67. The van der Waals surface area contributed by atoms with Crippen molar-refractivity contribution in [1.82, 2.24) is 9.88 Å². The van der Waals surface area contributed by atoms with Crippen molar-refractivity contribution >= 4 is 32.6 Å². The maximum Gasteiger partial charge on any atom is 0.226 e. The number of nitrogens with zero attached hydrogens (tertiary/aromatic N) is 3. The third-order valence-electron chi connectivity index (χ3n) is 6.19. The summed E-state index contributed by atoms with van der Waals surface area (Å²) < 4.78 is 19.6. The molecule has 1 amide bonds. The number of anilines is 1. The number of carbonyl (C=O) groups excluding carboxylic acids is 1. The van der Waals surface area contributed by atoms with Crippen LogP contribution < -0.4 is 9.64 Å². The molecule has 0 unspecified atom stereocenters. The number of amides is 1. The number of methoxy groups -OCH3 is 1. The van der Waals surface area contributed by atoms with Crippen LogP contribution in [0.4, 0.5) is 9.52 Å². The van der Waals surface area contributed by atoms with E-state index in [1.807, 2.05) is 11.0 Å². The highest BCUT2D eigenvalue weighted by Gasteiger charge is 2.31. The van der Waals surface area contributed by atoms with Crippen LogP contribution in [0.15, 0.2) is 36.4 Å². The van der Waals surface area contributed by atoms with Gasteiger partial charge >= 0.3 is 0 Å². The molecular formula is C23H24FN3O2S. The van der Waals surface area contributed by atoms with Gasteiger partial charge in [0.05, 0.1) is 17.3 Å². The highest BCUT2D eigenvalue weighted by molar-refractivity contribution is 7.22. The maximum atomic E-state index is 13.5. The van der Waals surface area contributed by atoms with Gasteiger partial charge in [0.1, 0.15) is 11.6 Å². The zero-order chi connectivity index (χ0) is 20.7. The molecule has 0 N–H and O–H groups in total. The average molecular weight is 426 g/mol. The molecule has 30 heavy (non-hydrogen) atoms. The first-order chi connectivity index (χ1) is 14.6. The van der Waals surface area contributed by atoms with Gasteiger partial charge in [-0.15, -0.1) is 0 Å². The average Bonchev–Trinajstić information content (AvgIpc) is 3.21. The van der Waals surface area contributed by atoms with Crippen LogP contribution >= 0.6 is 11.3 Å². The summed E-state index contributed by atoms with van der Waals surface area (Å²) in [7, 11) is 1.68. The first-order valence-electron chi connectivity index (χ1n) is 10.4. The quantitative estimate of drug-likeness (QED) is 0.630. The Balaban J connectivity index is 1.22. The number of fused-ring (bicyclic) bond motifs is 2. The lowest BCUT2D eigenvalue weighted by Crippen LogP contribution is -2.44. The van der Waals surface area contributed by atoms with E-state index in [1.54, 1.807) is 13.2 Å². The van der Waals surface area contributed by atoms with Crippen molar-refractivity contribution in [2.75, 3.05) is 31.6 Å². The predicted octanol–water partition coefficient (Wildman–Crippen LogP) is 4.25. The summed E-state index contributed by atoms with van der Waals surface area (Å²) in [6, 6.07) is 10.8. The highest BCUT2D eigenvalue weighted by atomic mass is 32.1. The summed E-state index contributed by atoms with van der Waals surface area (Å²) >= 11 is 1.52. The summed E-state index contributed by atoms with van der Waals surface area (Å²) in [5.41, 5.74) is 3.33. The van der Waals surface area contributed by atoms with Crippen LogP contribution in [0.25, 0.3) is 10.2 Å². The molecule has 7 heteroatoms. The van der Waals surface area contributed by atoms with Gasteiger partial charge in [-0.1, -0.05) is 17.4 Å². The molecule has 2 aliphatic heterocycles. The van der Waals surface area contributed by atoms with E-state index in [0.29, 0.717) is 6.54 Å². The molecule has 1 saturated heterocycles. The lowest BCUT2D eigenvalue weighted by Gasteiger charge is -2.36. The number of carbonyl (C=O) groups is 1. The van der Waals surface area contributed by atoms with E-state index in [4.69, 9.17) is 4.74 Å². The molecule has 5 rings (SSSR count). The molecule has 156 valence electrons. The number of piperidine rings is 1. The molecule has 0 bridgehead atoms. The number of aromatic nitrogens is 1. The number of rotatable bonds is 3. The van der Waals surface area contributed by atoms with E-state index in [9.17, 15) is 9.18 Å². The summed E-state index contributed by atoms with van der Waals surface area (Å²) in [5.74, 6) is 0.970. The van der Waals surface area contributed by atoms with Crippen LogP contribution in [-0.4, -0.2) is 42.5 Å². The zero-order valence-electron chi connectivity index (χ0n) is 16.9. The molecule has 0 aliphatic carbocycles. The molecule has 2 aromatic carbocycles. The number of benzene rings is 2. The lowest BCUT2D eigenvalue weighted by atomic mass is 9.93. The Kier molecular flexibility index (Phi) is 5.06. The molecule has 1 fully saturated rings. The summed E-state index contributed by atoms with van der Waals surface area (Å²) in [6.45, 7) is 3.06. The molecule has 1 aromatic heterocycles. The fourth-order valence-electron chi connectivity index (χ4n) is 4.44. The molecule has 3 heterocycles. The van der Waals surface area contributed by atoms with Crippen molar-refractivity contribution in [3.05, 3.63) is 53.3 Å². The minimum atomic E-state index is -0.233. The minimum Gasteiger partial charge on any atom is -0.497 e. The molecule has 0 atom stereocenters. The summed E-state index contributed by atoms with van der Waals surface area (Å²) in [4.78, 5) is 22.0. The van der Waals surface area contributed by atoms with Gasteiger partial charge in [-0.2, -0.15) is 0 Å². The van der Waals surface area contributed by atoms with E-state index < -0.39 is 0 Å². The molecule has 2 aliphatic rings. The van der Waals surface area contributed by atoms with Crippen LogP contribution in [0, 0.1) is 11.7 Å². The standard InChI is InChI=1S/C23H24FN3O2S/c1-29-19-4-2-17-14-27(11-8-16(17)12-19)22(28)15-6-9-26(10-7-15)23-25-20-5-3-18(24)13-21(20)30-23/h2-5,12-13,15H,6-11,14H2,1H3. The van der Waals surface area contributed by atoms with Gasteiger partial charge in [-0.05, 0) is 60.7 Å². The van der Waals surface area contributed by atoms with Gasteiger partial charge in [-0.25, -0.2) is 9.37 Å². The number of ether oxygens (including phenoxy) is 1. The van der Waals surface area contributed by atoms with Gasteiger partial charge in [0.25, 0.3) is 0 Å². The minimum absolute atomic E-state index is 0.0628. The van der Waals surface area contributed by atoms with E-state index >= 15 is 0 Å². The molecule has 0 saturated carbocycles. The van der Waals surface area contributed by atoms with Crippen molar-refractivity contribution in [2.45, 2.75) is 25.8 Å². The van der Waals surface area contributed by atoms with E-state index in [0.717, 1.165) is 60.0 Å². The summed E-state index contributed by atoms with van der Waals surface area (Å²) in [5, 5.41) is 0.919. The van der Waals surface area contributed by atoms with Crippen LogP contribution in [0.3, 0.4) is 0 Å². The second-order valence-corrected chi connectivity index (χ2v) is 9.02. The van der Waals surface area contributed by atoms with Gasteiger partial charge in [0.2, 0.25) is 5.91 Å². The van der Waals surface area contributed by atoms with Gasteiger partial charge in [0, 0.05) is 32.1 Å². The monoisotopic (exact) mass is 425 g/mol. The second-order valence-electron chi connectivity index (χ2n) is 8.01. The molecule has 5 nitrogen and oxygen atoms in total. The van der Waals surface area contributed by atoms with Crippen molar-refractivity contribution in [2.24, 2.45) is 5.92 Å². The van der Waals surface area contributed by atoms with Crippen LogP contribution in [0.5, 0.6) is 5.75 Å². The summed E-state index contributed by atoms with van der Waals surface area (Å²) in [6.07, 6.45) is 2.53. The zero-order valence-corrected chi connectivity index (χ0v) is 17.8. The van der Waals surface area contributed by atoms with Gasteiger partial charge in [0.15, 0.2) is 5.13 Å². The van der Waals surface area contributed by atoms with Gasteiger partial charge < -0.3 is 14.5 Å². The van der Waals surface area contributed by atoms with Crippen molar-refractivity contribution in [3.63, 3.8) is 0 Å². The predicted molar refractivity (Wildman–Crippen MR) is 117 cm³/mol. The Morgan fingerprint density at radius 2 is 1.97 bits per heavy atom. The first kappa shape index (κ1) is 19.3. The third kappa shape index (κ3) is 3.62. The number of halogens is 1. The fourth-order valence-corrected chi connectivity index (χ4v) is 5.48. The SMILES string of the molecule is COc1ccc2c(c1)CCN(C(=O)C1CCN(c3nc4ccc(F)cc4s3)CC1)C2. The molecule has 3 aromatic rings. The largest absolute Gasteiger partial charge is 0.497 e. The smallest absolute Gasteiger partial charge is 0.226 e. The van der Waals surface area contributed by atoms with Crippen LogP contribution in [0.1, 0.15) is 24.0 Å².